The SMILES string of the molecule is CCS(=O)(=O)C1CSCCN1Cc1cccc(Cl)n1. The summed E-state index contributed by atoms with van der Waals surface area (Å²) in [6.45, 7) is 3.00. The van der Waals surface area contributed by atoms with Crippen molar-refractivity contribution in [3.05, 3.63) is 29.0 Å². The molecule has 19 heavy (non-hydrogen) atoms. The summed E-state index contributed by atoms with van der Waals surface area (Å²) in [5, 5.41) is 0.0378. The van der Waals surface area contributed by atoms with Crippen LogP contribution in [0.1, 0.15) is 12.6 Å². The molecule has 1 fully saturated rings. The van der Waals surface area contributed by atoms with Crippen molar-refractivity contribution in [1.82, 2.24) is 9.88 Å². The van der Waals surface area contributed by atoms with Gasteiger partial charge in [0, 0.05) is 30.3 Å². The fraction of sp³-hybridized carbons (Fsp3) is 0.583. The fourth-order valence-electron chi connectivity index (χ4n) is 2.07. The van der Waals surface area contributed by atoms with Gasteiger partial charge in [-0.15, -0.1) is 0 Å². The smallest absolute Gasteiger partial charge is 0.166 e. The summed E-state index contributed by atoms with van der Waals surface area (Å²) in [5.74, 6) is 1.77. The van der Waals surface area contributed by atoms with Gasteiger partial charge in [0.15, 0.2) is 9.84 Å². The Morgan fingerprint density at radius 2 is 2.32 bits per heavy atom. The summed E-state index contributed by atoms with van der Waals surface area (Å²) in [6.07, 6.45) is 0. The molecular weight excluding hydrogens is 304 g/mol. The largest absolute Gasteiger partial charge is 0.280 e. The van der Waals surface area contributed by atoms with Gasteiger partial charge in [0.25, 0.3) is 0 Å². The van der Waals surface area contributed by atoms with Crippen LogP contribution in [0.25, 0.3) is 0 Å². The number of aromatic nitrogens is 1. The zero-order valence-corrected chi connectivity index (χ0v) is 13.1. The monoisotopic (exact) mass is 320 g/mol. The molecule has 1 aliphatic heterocycles. The number of hydrogen-bond acceptors (Lipinski definition) is 5. The first-order valence-electron chi connectivity index (χ1n) is 6.17. The van der Waals surface area contributed by atoms with Crippen LogP contribution < -0.4 is 0 Å². The summed E-state index contributed by atoms with van der Waals surface area (Å²) >= 11 is 7.56. The van der Waals surface area contributed by atoms with Crippen LogP contribution >= 0.6 is 23.4 Å². The number of rotatable bonds is 4. The minimum absolute atomic E-state index is 0.178. The van der Waals surface area contributed by atoms with Crippen molar-refractivity contribution < 1.29 is 8.42 Å². The lowest BCUT2D eigenvalue weighted by molar-refractivity contribution is 0.258. The zero-order chi connectivity index (χ0) is 13.9. The summed E-state index contributed by atoms with van der Waals surface area (Å²) < 4.78 is 24.2. The Balaban J connectivity index is 2.17. The van der Waals surface area contributed by atoms with Crippen LogP contribution in [-0.4, -0.2) is 47.5 Å². The molecule has 0 amide bonds. The van der Waals surface area contributed by atoms with Crippen LogP contribution in [0.2, 0.25) is 5.15 Å². The Bertz CT molecular complexity index is 536. The van der Waals surface area contributed by atoms with E-state index in [2.05, 4.69) is 4.98 Å². The molecule has 1 aromatic rings. The highest BCUT2D eigenvalue weighted by atomic mass is 35.5. The number of nitrogens with zero attached hydrogens (tertiary/aromatic N) is 2. The molecule has 106 valence electrons. The highest BCUT2D eigenvalue weighted by Crippen LogP contribution is 2.23. The van der Waals surface area contributed by atoms with E-state index in [9.17, 15) is 8.42 Å². The first-order chi connectivity index (χ1) is 9.03. The normalized spacial score (nSPS) is 21.5. The van der Waals surface area contributed by atoms with Gasteiger partial charge in [0.1, 0.15) is 10.5 Å². The molecule has 0 bridgehead atoms. The molecule has 1 aromatic heterocycles. The predicted molar refractivity (Wildman–Crippen MR) is 80.2 cm³/mol. The molecule has 2 rings (SSSR count). The number of hydrogen-bond donors (Lipinski definition) is 0. The van der Waals surface area contributed by atoms with Crippen molar-refractivity contribution in [2.75, 3.05) is 23.8 Å². The minimum atomic E-state index is -3.06. The first-order valence-corrected chi connectivity index (χ1v) is 9.42. The molecule has 0 saturated carbocycles. The maximum atomic E-state index is 12.1. The molecule has 0 aromatic carbocycles. The highest BCUT2D eigenvalue weighted by Gasteiger charge is 2.32. The third kappa shape index (κ3) is 3.84. The van der Waals surface area contributed by atoms with E-state index in [-0.39, 0.29) is 5.75 Å². The third-order valence-corrected chi connectivity index (χ3v) is 6.69. The van der Waals surface area contributed by atoms with Gasteiger partial charge in [0.05, 0.1) is 5.69 Å². The summed E-state index contributed by atoms with van der Waals surface area (Å²) in [4.78, 5) is 6.23. The van der Waals surface area contributed by atoms with Gasteiger partial charge >= 0.3 is 0 Å². The molecular formula is C12H17ClN2O2S2. The molecule has 0 aliphatic carbocycles. The van der Waals surface area contributed by atoms with Crippen LogP contribution in [0.5, 0.6) is 0 Å². The second-order valence-electron chi connectivity index (χ2n) is 4.40. The second-order valence-corrected chi connectivity index (χ2v) is 8.39. The second kappa shape index (κ2) is 6.43. The molecule has 1 atom stereocenters. The maximum absolute atomic E-state index is 12.1. The van der Waals surface area contributed by atoms with E-state index in [1.54, 1.807) is 24.8 Å². The van der Waals surface area contributed by atoms with Gasteiger partial charge in [-0.05, 0) is 12.1 Å². The number of sulfone groups is 1. The van der Waals surface area contributed by atoms with Gasteiger partial charge < -0.3 is 0 Å². The van der Waals surface area contributed by atoms with E-state index in [1.165, 1.54) is 0 Å². The molecule has 2 heterocycles. The van der Waals surface area contributed by atoms with E-state index in [0.717, 1.165) is 18.0 Å². The van der Waals surface area contributed by atoms with Crippen LogP contribution in [-0.2, 0) is 16.4 Å². The first kappa shape index (κ1) is 15.1. The van der Waals surface area contributed by atoms with Gasteiger partial charge in [-0.3, -0.25) is 4.90 Å². The van der Waals surface area contributed by atoms with Gasteiger partial charge in [-0.1, -0.05) is 24.6 Å². The van der Waals surface area contributed by atoms with Crippen molar-refractivity contribution in [3.8, 4) is 0 Å². The van der Waals surface area contributed by atoms with Crippen LogP contribution in [0.3, 0.4) is 0 Å². The molecule has 4 nitrogen and oxygen atoms in total. The zero-order valence-electron chi connectivity index (χ0n) is 10.8. The Morgan fingerprint density at radius 1 is 1.53 bits per heavy atom. The Kier molecular flexibility index (Phi) is 5.11. The van der Waals surface area contributed by atoms with Crippen molar-refractivity contribution in [1.29, 1.82) is 0 Å². The lowest BCUT2D eigenvalue weighted by atomic mass is 10.3. The Hall–Kier alpha value is -0.300. The maximum Gasteiger partial charge on any atom is 0.166 e. The third-order valence-electron chi connectivity index (χ3n) is 3.15. The van der Waals surface area contributed by atoms with Crippen LogP contribution in [0, 0.1) is 0 Å². The number of thioether (sulfide) groups is 1. The molecule has 0 N–H and O–H groups in total. The average Bonchev–Trinajstić information content (AvgIpc) is 2.39. The number of pyridine rings is 1. The molecule has 1 saturated heterocycles. The van der Waals surface area contributed by atoms with Gasteiger partial charge in [0.2, 0.25) is 0 Å². The molecule has 7 heteroatoms. The molecule has 0 spiro atoms. The average molecular weight is 321 g/mol. The van der Waals surface area contributed by atoms with E-state index >= 15 is 0 Å². The van der Waals surface area contributed by atoms with Gasteiger partial charge in [-0.25, -0.2) is 13.4 Å². The minimum Gasteiger partial charge on any atom is -0.280 e. The lowest BCUT2D eigenvalue weighted by Crippen LogP contribution is -2.47. The van der Waals surface area contributed by atoms with Crippen molar-refractivity contribution in [2.24, 2.45) is 0 Å². The van der Waals surface area contributed by atoms with E-state index in [4.69, 9.17) is 11.6 Å². The Labute approximate surface area is 123 Å². The molecule has 1 aliphatic rings. The Morgan fingerprint density at radius 3 is 3.00 bits per heavy atom. The van der Waals surface area contributed by atoms with Crippen LogP contribution in [0.15, 0.2) is 18.2 Å². The summed E-state index contributed by atoms with van der Waals surface area (Å²) in [7, 11) is -3.06. The fourth-order valence-corrected chi connectivity index (χ4v) is 5.33. The van der Waals surface area contributed by atoms with Gasteiger partial charge in [-0.2, -0.15) is 11.8 Å². The predicted octanol–water partition coefficient (Wildman–Crippen LogP) is 2.04. The van der Waals surface area contributed by atoms with Crippen molar-refractivity contribution in [3.63, 3.8) is 0 Å². The quantitative estimate of drug-likeness (QED) is 0.795. The standard InChI is InChI=1S/C12H17ClN2O2S2/c1-2-19(16,17)12-9-18-7-6-15(12)8-10-4-3-5-11(13)14-10/h3-5,12H,2,6-9H2,1H3. The van der Waals surface area contributed by atoms with Crippen molar-refractivity contribution >= 4 is 33.2 Å². The van der Waals surface area contributed by atoms with E-state index in [1.807, 2.05) is 17.0 Å². The van der Waals surface area contributed by atoms with Crippen molar-refractivity contribution in [2.45, 2.75) is 18.8 Å². The number of halogens is 1. The highest BCUT2D eigenvalue weighted by molar-refractivity contribution is 8.01. The summed E-state index contributed by atoms with van der Waals surface area (Å²) in [6, 6.07) is 5.44. The van der Waals surface area contributed by atoms with E-state index in [0.29, 0.717) is 17.5 Å². The lowest BCUT2D eigenvalue weighted by Gasteiger charge is -2.34. The van der Waals surface area contributed by atoms with Crippen LogP contribution in [0.4, 0.5) is 0 Å². The van der Waals surface area contributed by atoms with E-state index < -0.39 is 15.2 Å². The topological polar surface area (TPSA) is 50.3 Å². The molecule has 1 unspecified atom stereocenters. The summed E-state index contributed by atoms with van der Waals surface area (Å²) in [5.41, 5.74) is 0.815. The molecule has 0 radical (unpaired) electrons.